The Morgan fingerprint density at radius 3 is 2.41 bits per heavy atom. The van der Waals surface area contributed by atoms with Crippen LogP contribution in [0.5, 0.6) is 0 Å². The van der Waals surface area contributed by atoms with Crippen LogP contribution < -0.4 is 0 Å². The highest BCUT2D eigenvalue weighted by molar-refractivity contribution is 6.30. The van der Waals surface area contributed by atoms with Crippen LogP contribution in [0.15, 0.2) is 48.5 Å². The number of rotatable bonds is 4. The lowest BCUT2D eigenvalue weighted by Crippen LogP contribution is -1.92. The third kappa shape index (κ3) is 3.12. The van der Waals surface area contributed by atoms with E-state index in [9.17, 15) is 10.1 Å². The van der Waals surface area contributed by atoms with Gasteiger partial charge in [-0.25, -0.2) is 4.98 Å². The molecule has 110 valence electrons. The van der Waals surface area contributed by atoms with E-state index in [0.717, 1.165) is 11.1 Å². The maximum absolute atomic E-state index is 10.6. The first kappa shape index (κ1) is 14.2. The number of aromatic amines is 1. The molecule has 0 atom stereocenters. The van der Waals surface area contributed by atoms with Crippen LogP contribution in [0, 0.1) is 10.1 Å². The van der Waals surface area contributed by atoms with Gasteiger partial charge in [0.2, 0.25) is 0 Å². The highest BCUT2D eigenvalue weighted by Gasteiger charge is 2.08. The van der Waals surface area contributed by atoms with Gasteiger partial charge in [0.05, 0.1) is 4.92 Å². The van der Waals surface area contributed by atoms with Gasteiger partial charge in [0.15, 0.2) is 5.82 Å². The molecule has 0 saturated carbocycles. The van der Waals surface area contributed by atoms with Crippen molar-refractivity contribution < 1.29 is 4.92 Å². The zero-order valence-electron chi connectivity index (χ0n) is 11.4. The van der Waals surface area contributed by atoms with Crippen molar-refractivity contribution in [2.75, 3.05) is 0 Å². The monoisotopic (exact) mass is 314 g/mol. The minimum atomic E-state index is -0.420. The number of nitro benzene ring substituents is 1. The molecule has 0 unspecified atom stereocenters. The van der Waals surface area contributed by atoms with E-state index in [4.69, 9.17) is 11.6 Å². The van der Waals surface area contributed by atoms with Gasteiger partial charge >= 0.3 is 0 Å². The Balaban J connectivity index is 1.76. The minimum absolute atomic E-state index is 0.0724. The number of hydrogen-bond acceptors (Lipinski definition) is 4. The maximum atomic E-state index is 10.6. The minimum Gasteiger partial charge on any atom is -0.262 e. The summed E-state index contributed by atoms with van der Waals surface area (Å²) in [7, 11) is 0. The zero-order valence-corrected chi connectivity index (χ0v) is 12.1. The predicted octanol–water partition coefficient (Wildman–Crippen LogP) is 3.62. The molecule has 1 N–H and O–H groups in total. The molecule has 22 heavy (non-hydrogen) atoms. The predicted molar refractivity (Wildman–Crippen MR) is 82.7 cm³/mol. The van der Waals surface area contributed by atoms with E-state index < -0.39 is 4.92 Å². The standard InChI is InChI=1S/C15H11ClN4O2/c16-12-5-3-11(4-6-12)15-17-14(18-19-15)9-10-1-7-13(8-2-10)20(21)22/h1-8H,9H2,(H,17,18,19). The Kier molecular flexibility index (Phi) is 3.84. The molecule has 0 spiro atoms. The Hall–Kier alpha value is -2.73. The second-order valence-electron chi connectivity index (χ2n) is 4.71. The number of aromatic nitrogens is 3. The molecule has 0 aliphatic heterocycles. The summed E-state index contributed by atoms with van der Waals surface area (Å²) in [5, 5.41) is 18.3. The molecule has 0 radical (unpaired) electrons. The summed E-state index contributed by atoms with van der Waals surface area (Å²) >= 11 is 5.85. The van der Waals surface area contributed by atoms with Crippen molar-refractivity contribution in [3.05, 3.63) is 75.1 Å². The molecule has 0 saturated heterocycles. The highest BCUT2D eigenvalue weighted by atomic mass is 35.5. The maximum Gasteiger partial charge on any atom is 0.269 e. The number of nitrogens with zero attached hydrogens (tertiary/aromatic N) is 3. The lowest BCUT2D eigenvalue weighted by Gasteiger charge is -1.97. The Morgan fingerprint density at radius 2 is 1.77 bits per heavy atom. The van der Waals surface area contributed by atoms with Gasteiger partial charge in [-0.05, 0) is 29.8 Å². The molecular weight excluding hydrogens is 304 g/mol. The summed E-state index contributed by atoms with van der Waals surface area (Å²) in [5.41, 5.74) is 1.86. The smallest absolute Gasteiger partial charge is 0.262 e. The fourth-order valence-corrected chi connectivity index (χ4v) is 2.16. The van der Waals surface area contributed by atoms with Crippen LogP contribution in [0.2, 0.25) is 5.02 Å². The van der Waals surface area contributed by atoms with Gasteiger partial charge < -0.3 is 0 Å². The van der Waals surface area contributed by atoms with Crippen molar-refractivity contribution >= 4 is 17.3 Å². The van der Waals surface area contributed by atoms with Crippen LogP contribution in [0.1, 0.15) is 11.4 Å². The summed E-state index contributed by atoms with van der Waals surface area (Å²) in [6, 6.07) is 13.6. The molecule has 0 aliphatic rings. The summed E-state index contributed by atoms with van der Waals surface area (Å²) in [5.74, 6) is 1.28. The van der Waals surface area contributed by atoms with E-state index in [-0.39, 0.29) is 5.69 Å². The number of benzene rings is 2. The fraction of sp³-hybridized carbons (Fsp3) is 0.0667. The quantitative estimate of drug-likeness (QED) is 0.588. The number of H-pyrrole nitrogens is 1. The van der Waals surface area contributed by atoms with E-state index >= 15 is 0 Å². The Bertz CT molecular complexity index is 797. The number of non-ortho nitro benzene ring substituents is 1. The van der Waals surface area contributed by atoms with Crippen LogP contribution in [-0.2, 0) is 6.42 Å². The first-order chi connectivity index (χ1) is 10.6. The Labute approximate surface area is 130 Å². The van der Waals surface area contributed by atoms with Gasteiger partial charge in [0.25, 0.3) is 5.69 Å². The van der Waals surface area contributed by atoms with Crippen molar-refractivity contribution in [1.82, 2.24) is 15.2 Å². The van der Waals surface area contributed by atoms with E-state index in [1.165, 1.54) is 12.1 Å². The van der Waals surface area contributed by atoms with Crippen molar-refractivity contribution in [1.29, 1.82) is 0 Å². The second kappa shape index (κ2) is 5.95. The van der Waals surface area contributed by atoms with Crippen LogP contribution in [0.4, 0.5) is 5.69 Å². The lowest BCUT2D eigenvalue weighted by molar-refractivity contribution is -0.384. The van der Waals surface area contributed by atoms with Crippen molar-refractivity contribution in [3.8, 4) is 11.4 Å². The molecule has 3 aromatic rings. The SMILES string of the molecule is O=[N+]([O-])c1ccc(Cc2nc(-c3ccc(Cl)cc3)n[nH]2)cc1. The van der Waals surface area contributed by atoms with Gasteiger partial charge in [-0.1, -0.05) is 23.7 Å². The number of halogens is 1. The highest BCUT2D eigenvalue weighted by Crippen LogP contribution is 2.19. The van der Waals surface area contributed by atoms with Crippen LogP contribution in [0.25, 0.3) is 11.4 Å². The molecule has 3 rings (SSSR count). The molecule has 0 aliphatic carbocycles. The van der Waals surface area contributed by atoms with Crippen LogP contribution >= 0.6 is 11.6 Å². The first-order valence-electron chi connectivity index (χ1n) is 6.52. The molecule has 2 aromatic carbocycles. The molecule has 0 bridgehead atoms. The number of nitro groups is 1. The third-order valence-electron chi connectivity index (χ3n) is 3.15. The molecule has 1 aromatic heterocycles. The Morgan fingerprint density at radius 1 is 1.09 bits per heavy atom. The van der Waals surface area contributed by atoms with E-state index in [2.05, 4.69) is 15.2 Å². The van der Waals surface area contributed by atoms with E-state index in [1.807, 2.05) is 12.1 Å². The molecule has 6 nitrogen and oxygen atoms in total. The number of nitrogens with one attached hydrogen (secondary N) is 1. The molecule has 7 heteroatoms. The van der Waals surface area contributed by atoms with Crippen molar-refractivity contribution in [3.63, 3.8) is 0 Å². The first-order valence-corrected chi connectivity index (χ1v) is 6.90. The zero-order chi connectivity index (χ0) is 15.5. The van der Waals surface area contributed by atoms with E-state index in [0.29, 0.717) is 23.1 Å². The van der Waals surface area contributed by atoms with Crippen molar-refractivity contribution in [2.24, 2.45) is 0 Å². The normalized spacial score (nSPS) is 10.6. The van der Waals surface area contributed by atoms with Gasteiger partial charge in [-0.2, -0.15) is 5.10 Å². The van der Waals surface area contributed by atoms with Crippen LogP contribution in [-0.4, -0.2) is 20.1 Å². The average Bonchev–Trinajstić information content (AvgIpc) is 2.97. The van der Waals surface area contributed by atoms with Gasteiger partial charge in [-0.3, -0.25) is 15.2 Å². The molecule has 0 amide bonds. The van der Waals surface area contributed by atoms with Gasteiger partial charge in [-0.15, -0.1) is 0 Å². The summed E-state index contributed by atoms with van der Waals surface area (Å²) < 4.78 is 0. The van der Waals surface area contributed by atoms with Crippen LogP contribution in [0.3, 0.4) is 0 Å². The number of hydrogen-bond donors (Lipinski definition) is 1. The topological polar surface area (TPSA) is 84.7 Å². The van der Waals surface area contributed by atoms with Gasteiger partial charge in [0, 0.05) is 29.1 Å². The lowest BCUT2D eigenvalue weighted by atomic mass is 10.1. The van der Waals surface area contributed by atoms with Gasteiger partial charge in [0.1, 0.15) is 5.82 Å². The summed E-state index contributed by atoms with van der Waals surface area (Å²) in [6.07, 6.45) is 0.526. The molecule has 0 fully saturated rings. The average molecular weight is 315 g/mol. The largest absolute Gasteiger partial charge is 0.269 e. The van der Waals surface area contributed by atoms with Crippen molar-refractivity contribution in [2.45, 2.75) is 6.42 Å². The summed E-state index contributed by atoms with van der Waals surface area (Å²) in [4.78, 5) is 14.6. The molecule has 1 heterocycles. The molecular formula is C15H11ClN4O2. The summed E-state index contributed by atoms with van der Waals surface area (Å²) in [6.45, 7) is 0. The fourth-order valence-electron chi connectivity index (χ4n) is 2.03. The van der Waals surface area contributed by atoms with E-state index in [1.54, 1.807) is 24.3 Å². The second-order valence-corrected chi connectivity index (χ2v) is 5.15. The third-order valence-corrected chi connectivity index (χ3v) is 3.40.